The van der Waals surface area contributed by atoms with Crippen molar-refractivity contribution in [2.75, 3.05) is 23.3 Å². The lowest BCUT2D eigenvalue weighted by atomic mass is 10.1. The molecule has 1 amide bonds. The Morgan fingerprint density at radius 1 is 1.03 bits per heavy atom. The number of alkyl halides is 2. The van der Waals surface area contributed by atoms with Crippen molar-refractivity contribution in [2.45, 2.75) is 18.8 Å². The summed E-state index contributed by atoms with van der Waals surface area (Å²) >= 11 is 0. The maximum absolute atomic E-state index is 14.7. The number of amides is 1. The predicted octanol–water partition coefficient (Wildman–Crippen LogP) is 4.86. The number of H-pyrrole nitrogens is 2. The Labute approximate surface area is 189 Å². The van der Waals surface area contributed by atoms with Crippen molar-refractivity contribution >= 4 is 28.3 Å². The van der Waals surface area contributed by atoms with Gasteiger partial charge in [0.1, 0.15) is 5.69 Å². The van der Waals surface area contributed by atoms with E-state index in [2.05, 4.69) is 25.5 Å². The maximum Gasteiger partial charge on any atom is 0.273 e. The van der Waals surface area contributed by atoms with E-state index in [1.165, 1.54) is 29.4 Å². The number of nitrogens with one attached hydrogen (secondary N) is 3. The van der Waals surface area contributed by atoms with Crippen molar-refractivity contribution in [2.24, 2.45) is 0 Å². The predicted molar refractivity (Wildman–Crippen MR) is 114 cm³/mol. The lowest BCUT2D eigenvalue weighted by Crippen LogP contribution is -2.40. The van der Waals surface area contributed by atoms with E-state index in [0.29, 0.717) is 5.52 Å². The molecular weight excluding hydrogens is 459 g/mol. The Morgan fingerprint density at radius 2 is 1.76 bits per heavy atom. The molecular formula is C22H17F5N6O. The molecule has 0 spiro atoms. The monoisotopic (exact) mass is 476 g/mol. The summed E-state index contributed by atoms with van der Waals surface area (Å²) < 4.78 is 68.3. The molecule has 5 rings (SSSR count). The highest BCUT2D eigenvalue weighted by Crippen LogP contribution is 2.32. The molecule has 0 aliphatic carbocycles. The van der Waals surface area contributed by atoms with Gasteiger partial charge in [-0.05, 0) is 18.2 Å². The fraction of sp³-hybridized carbons (Fsp3) is 0.227. The molecule has 7 nitrogen and oxygen atoms in total. The molecule has 0 bridgehead atoms. The van der Waals surface area contributed by atoms with Crippen LogP contribution in [0.3, 0.4) is 0 Å². The van der Waals surface area contributed by atoms with Crippen LogP contribution in [0, 0.1) is 17.5 Å². The Bertz CT molecular complexity index is 1390. The molecule has 0 atom stereocenters. The van der Waals surface area contributed by atoms with Crippen LogP contribution in [0.5, 0.6) is 0 Å². The number of benzene rings is 1. The fourth-order valence-electron chi connectivity index (χ4n) is 3.84. The highest BCUT2D eigenvalue weighted by Gasteiger charge is 2.35. The highest BCUT2D eigenvalue weighted by atomic mass is 19.3. The normalized spacial score (nSPS) is 15.6. The second-order valence-corrected chi connectivity index (χ2v) is 8.01. The van der Waals surface area contributed by atoms with Crippen molar-refractivity contribution in [1.82, 2.24) is 20.2 Å². The SMILES string of the molecule is O=C(Nc1c[nH]c2cc(F)c(F)cc12)c1cc(-c2cnc(N3CCC(F)(F)CC3)c(F)c2)n[nH]1. The van der Waals surface area contributed by atoms with E-state index >= 15 is 0 Å². The first kappa shape index (κ1) is 21.9. The number of anilines is 2. The first-order valence-corrected chi connectivity index (χ1v) is 10.3. The van der Waals surface area contributed by atoms with Crippen LogP contribution in [-0.2, 0) is 0 Å². The van der Waals surface area contributed by atoms with Gasteiger partial charge in [-0.2, -0.15) is 5.10 Å². The number of rotatable bonds is 4. The smallest absolute Gasteiger partial charge is 0.273 e. The zero-order valence-corrected chi connectivity index (χ0v) is 17.4. The molecule has 34 heavy (non-hydrogen) atoms. The number of hydrogen-bond acceptors (Lipinski definition) is 4. The number of pyridine rings is 1. The van der Waals surface area contributed by atoms with Gasteiger partial charge in [0, 0.05) is 55.3 Å². The first-order valence-electron chi connectivity index (χ1n) is 10.3. The molecule has 1 aliphatic heterocycles. The zero-order chi connectivity index (χ0) is 24.0. The van der Waals surface area contributed by atoms with Crippen molar-refractivity contribution in [3.8, 4) is 11.3 Å². The fourth-order valence-corrected chi connectivity index (χ4v) is 3.84. The van der Waals surface area contributed by atoms with Crippen LogP contribution in [-0.4, -0.2) is 45.1 Å². The first-order chi connectivity index (χ1) is 16.2. The third-order valence-corrected chi connectivity index (χ3v) is 5.71. The molecule has 0 unspecified atom stereocenters. The van der Waals surface area contributed by atoms with Gasteiger partial charge >= 0.3 is 0 Å². The Kier molecular flexibility index (Phi) is 5.22. The summed E-state index contributed by atoms with van der Waals surface area (Å²) in [5, 5.41) is 9.40. The highest BCUT2D eigenvalue weighted by molar-refractivity contribution is 6.08. The number of hydrogen-bond donors (Lipinski definition) is 3. The average Bonchev–Trinajstić information content (AvgIpc) is 3.43. The minimum absolute atomic E-state index is 0.00658. The molecule has 4 aromatic rings. The topological polar surface area (TPSA) is 89.7 Å². The van der Waals surface area contributed by atoms with Gasteiger partial charge < -0.3 is 15.2 Å². The summed E-state index contributed by atoms with van der Waals surface area (Å²) in [5.74, 6) is -6.14. The molecule has 1 fully saturated rings. The van der Waals surface area contributed by atoms with E-state index in [0.717, 1.165) is 12.1 Å². The van der Waals surface area contributed by atoms with E-state index in [4.69, 9.17) is 0 Å². The van der Waals surface area contributed by atoms with Crippen molar-refractivity contribution in [3.63, 3.8) is 0 Å². The number of carbonyl (C=O) groups excluding carboxylic acids is 1. The number of piperidine rings is 1. The van der Waals surface area contributed by atoms with Gasteiger partial charge in [-0.3, -0.25) is 9.89 Å². The maximum atomic E-state index is 14.7. The van der Waals surface area contributed by atoms with Crippen LogP contribution < -0.4 is 10.2 Å². The number of fused-ring (bicyclic) bond motifs is 1. The second kappa shape index (κ2) is 8.12. The second-order valence-electron chi connectivity index (χ2n) is 8.01. The van der Waals surface area contributed by atoms with E-state index in [1.54, 1.807) is 0 Å². The van der Waals surface area contributed by atoms with Crippen molar-refractivity contribution in [3.05, 3.63) is 59.8 Å². The van der Waals surface area contributed by atoms with Crippen LogP contribution in [0.2, 0.25) is 0 Å². The Balaban J connectivity index is 1.32. The standard InChI is InChI=1S/C22H17F5N6O/c23-13-6-12-17(7-14(13)24)28-10-19(12)30-21(34)18-8-16(31-32-18)11-5-15(25)20(29-9-11)33-3-1-22(26,27)2-4-33/h5-10,28H,1-4H2,(H,30,34)(H,31,32). The van der Waals surface area contributed by atoms with Crippen LogP contribution >= 0.6 is 0 Å². The average molecular weight is 476 g/mol. The number of carbonyl (C=O) groups is 1. The van der Waals surface area contributed by atoms with Crippen LogP contribution in [0.4, 0.5) is 33.5 Å². The molecule has 0 radical (unpaired) electrons. The number of aromatic nitrogens is 4. The lowest BCUT2D eigenvalue weighted by molar-refractivity contribution is -0.0222. The van der Waals surface area contributed by atoms with Gasteiger partial charge in [-0.1, -0.05) is 0 Å². The van der Waals surface area contributed by atoms with Gasteiger partial charge in [0.05, 0.1) is 16.9 Å². The molecule has 3 N–H and O–H groups in total. The van der Waals surface area contributed by atoms with E-state index < -0.39 is 29.3 Å². The lowest BCUT2D eigenvalue weighted by Gasteiger charge is -2.32. The minimum Gasteiger partial charge on any atom is -0.359 e. The van der Waals surface area contributed by atoms with E-state index in [-0.39, 0.29) is 59.8 Å². The minimum atomic E-state index is -2.75. The molecule has 0 saturated carbocycles. The van der Waals surface area contributed by atoms with Crippen molar-refractivity contribution in [1.29, 1.82) is 0 Å². The Morgan fingerprint density at radius 3 is 2.50 bits per heavy atom. The van der Waals surface area contributed by atoms with Crippen LogP contribution in [0.15, 0.2) is 36.7 Å². The zero-order valence-electron chi connectivity index (χ0n) is 17.4. The largest absolute Gasteiger partial charge is 0.359 e. The number of nitrogens with zero attached hydrogens (tertiary/aromatic N) is 3. The van der Waals surface area contributed by atoms with E-state index in [1.807, 2.05) is 0 Å². The summed E-state index contributed by atoms with van der Waals surface area (Å²) in [6, 6.07) is 4.50. The van der Waals surface area contributed by atoms with Gasteiger partial charge in [0.2, 0.25) is 0 Å². The molecule has 1 aromatic carbocycles. The number of halogens is 5. The van der Waals surface area contributed by atoms with E-state index in [9.17, 15) is 26.7 Å². The van der Waals surface area contributed by atoms with Crippen molar-refractivity contribution < 1.29 is 26.7 Å². The van der Waals surface area contributed by atoms with Gasteiger partial charge in [-0.25, -0.2) is 26.9 Å². The molecule has 1 aliphatic rings. The van der Waals surface area contributed by atoms with Gasteiger partial charge in [0.25, 0.3) is 11.8 Å². The summed E-state index contributed by atoms with van der Waals surface area (Å²) in [4.78, 5) is 20.9. The third kappa shape index (κ3) is 4.06. The third-order valence-electron chi connectivity index (χ3n) is 5.71. The number of aromatic amines is 2. The molecule has 1 saturated heterocycles. The molecule has 12 heteroatoms. The van der Waals surface area contributed by atoms with Gasteiger partial charge in [-0.15, -0.1) is 0 Å². The summed E-state index contributed by atoms with van der Waals surface area (Å²) in [5.41, 5.74) is 1.09. The summed E-state index contributed by atoms with van der Waals surface area (Å²) in [6.07, 6.45) is 2.00. The molecule has 3 aromatic heterocycles. The van der Waals surface area contributed by atoms with Crippen LogP contribution in [0.1, 0.15) is 23.3 Å². The van der Waals surface area contributed by atoms with Crippen LogP contribution in [0.25, 0.3) is 22.2 Å². The Hall–Kier alpha value is -3.96. The molecule has 4 heterocycles. The summed E-state index contributed by atoms with van der Waals surface area (Å²) in [7, 11) is 0. The van der Waals surface area contributed by atoms with Gasteiger partial charge in [0.15, 0.2) is 23.3 Å². The summed E-state index contributed by atoms with van der Waals surface area (Å²) in [6.45, 7) is -0.0132. The quantitative estimate of drug-likeness (QED) is 0.367. The molecule has 176 valence electrons.